The summed E-state index contributed by atoms with van der Waals surface area (Å²) in [6.07, 6.45) is 1.60. The van der Waals surface area contributed by atoms with Gasteiger partial charge in [-0.15, -0.1) is 0 Å². The molecule has 0 saturated carbocycles. The molecule has 5 nitrogen and oxygen atoms in total. The topological polar surface area (TPSA) is 45.6 Å². The van der Waals surface area contributed by atoms with Crippen molar-refractivity contribution < 1.29 is 12.8 Å². The number of nitrogens with zero attached hydrogens (tertiary/aromatic N) is 3. The molecule has 27 heavy (non-hydrogen) atoms. The van der Waals surface area contributed by atoms with Crippen molar-refractivity contribution in [2.24, 2.45) is 0 Å². The van der Waals surface area contributed by atoms with Crippen LogP contribution >= 0.6 is 0 Å². The molecule has 3 aromatic rings. The number of fused-ring (bicyclic) bond motifs is 7. The molecule has 0 unspecified atom stereocenters. The van der Waals surface area contributed by atoms with Crippen LogP contribution in [0.3, 0.4) is 0 Å². The van der Waals surface area contributed by atoms with Crippen LogP contribution < -0.4 is 0 Å². The number of piperazine rings is 1. The van der Waals surface area contributed by atoms with Gasteiger partial charge < -0.3 is 4.90 Å². The maximum atomic E-state index is 13.7. The highest BCUT2D eigenvalue weighted by atomic mass is 32.2. The number of halogens is 1. The fourth-order valence-corrected chi connectivity index (χ4v) is 5.68. The monoisotopic (exact) mass is 385 g/mol. The first kappa shape index (κ1) is 16.9. The predicted octanol–water partition coefficient (Wildman–Crippen LogP) is 2.75. The summed E-state index contributed by atoms with van der Waals surface area (Å²) in [5.41, 5.74) is 2.90. The number of aromatic nitrogens is 1. The molecule has 0 amide bonds. The van der Waals surface area contributed by atoms with Gasteiger partial charge in [0.05, 0.1) is 10.4 Å². The van der Waals surface area contributed by atoms with Crippen molar-refractivity contribution in [2.45, 2.75) is 11.4 Å². The van der Waals surface area contributed by atoms with E-state index in [4.69, 9.17) is 0 Å². The Hall–Kier alpha value is -2.22. The van der Waals surface area contributed by atoms with Crippen LogP contribution in [0.2, 0.25) is 0 Å². The number of rotatable bonds is 2. The molecule has 140 valence electrons. The van der Waals surface area contributed by atoms with E-state index in [2.05, 4.69) is 16.8 Å². The number of benzene rings is 2. The fraction of sp³-hybridized carbons (Fsp3) is 0.300. The lowest BCUT2D eigenvalue weighted by Crippen LogP contribution is -2.43. The summed E-state index contributed by atoms with van der Waals surface area (Å²) in [4.78, 5) is 4.94. The summed E-state index contributed by atoms with van der Waals surface area (Å²) in [5, 5.41) is 0.755. The summed E-state index contributed by atoms with van der Waals surface area (Å²) in [6.45, 7) is 4.72. The molecule has 7 heteroatoms. The van der Waals surface area contributed by atoms with Crippen LogP contribution in [0.5, 0.6) is 0 Å². The Morgan fingerprint density at radius 3 is 2.56 bits per heavy atom. The van der Waals surface area contributed by atoms with Crippen LogP contribution in [0.15, 0.2) is 47.5 Å². The minimum Gasteiger partial charge on any atom is -0.304 e. The Kier molecular flexibility index (Phi) is 3.69. The molecule has 0 N–H and O–H groups in total. The average Bonchev–Trinajstić information content (AvgIpc) is 2.99. The maximum Gasteiger partial charge on any atom is 0.268 e. The Morgan fingerprint density at radius 1 is 1.00 bits per heavy atom. The van der Waals surface area contributed by atoms with Crippen LogP contribution in [0.25, 0.3) is 22.0 Å². The Morgan fingerprint density at radius 2 is 1.78 bits per heavy atom. The minimum absolute atomic E-state index is 0.309. The summed E-state index contributed by atoms with van der Waals surface area (Å²) >= 11 is 0. The molecule has 0 spiro atoms. The summed E-state index contributed by atoms with van der Waals surface area (Å²) in [7, 11) is -1.62. The molecule has 1 aromatic heterocycles. The van der Waals surface area contributed by atoms with Gasteiger partial charge in [0.15, 0.2) is 0 Å². The van der Waals surface area contributed by atoms with Gasteiger partial charge in [-0.3, -0.25) is 4.90 Å². The third kappa shape index (κ3) is 2.61. The van der Waals surface area contributed by atoms with E-state index in [9.17, 15) is 12.8 Å². The zero-order valence-corrected chi connectivity index (χ0v) is 15.8. The van der Waals surface area contributed by atoms with Crippen molar-refractivity contribution in [3.8, 4) is 11.1 Å². The van der Waals surface area contributed by atoms with Gasteiger partial charge in [-0.25, -0.2) is 16.8 Å². The third-order valence-electron chi connectivity index (χ3n) is 5.61. The second-order valence-corrected chi connectivity index (χ2v) is 9.20. The van der Waals surface area contributed by atoms with E-state index < -0.39 is 15.8 Å². The highest BCUT2D eigenvalue weighted by Gasteiger charge is 2.31. The van der Waals surface area contributed by atoms with Gasteiger partial charge >= 0.3 is 0 Å². The molecule has 0 aliphatic carbocycles. The Bertz CT molecular complexity index is 1160. The van der Waals surface area contributed by atoms with E-state index in [0.717, 1.165) is 49.2 Å². The van der Waals surface area contributed by atoms with Crippen molar-refractivity contribution in [3.63, 3.8) is 0 Å². The second-order valence-electron chi connectivity index (χ2n) is 7.42. The van der Waals surface area contributed by atoms with Gasteiger partial charge in [-0.2, -0.15) is 0 Å². The third-order valence-corrected chi connectivity index (χ3v) is 7.32. The van der Waals surface area contributed by atoms with Gasteiger partial charge in [0.2, 0.25) is 0 Å². The summed E-state index contributed by atoms with van der Waals surface area (Å²) in [6, 6.07) is 9.98. The lowest BCUT2D eigenvalue weighted by molar-refractivity contribution is 0.148. The van der Waals surface area contributed by atoms with Gasteiger partial charge in [0.25, 0.3) is 10.0 Å². The van der Waals surface area contributed by atoms with Crippen LogP contribution in [0, 0.1) is 5.82 Å². The Balaban J connectivity index is 1.59. The zero-order chi connectivity index (χ0) is 18.8. The maximum absolute atomic E-state index is 13.7. The molecule has 2 bridgehead atoms. The van der Waals surface area contributed by atoms with Crippen molar-refractivity contribution in [1.29, 1.82) is 0 Å². The van der Waals surface area contributed by atoms with Crippen molar-refractivity contribution in [1.82, 2.24) is 13.8 Å². The second kappa shape index (κ2) is 5.89. The molecule has 3 heterocycles. The SMILES string of the molecule is CN1CCN(Cc2ccc3c(c2)S(=O)(=O)n2cc-3c3ccc(F)cc32)CC1. The molecule has 0 atom stereocenters. The van der Waals surface area contributed by atoms with Crippen molar-refractivity contribution >= 4 is 20.9 Å². The van der Waals surface area contributed by atoms with Crippen LogP contribution in [-0.2, 0) is 16.6 Å². The molecular weight excluding hydrogens is 365 g/mol. The molecule has 1 saturated heterocycles. The van der Waals surface area contributed by atoms with Crippen molar-refractivity contribution in [2.75, 3.05) is 33.2 Å². The summed E-state index contributed by atoms with van der Waals surface area (Å²) in [5.74, 6) is -0.440. The minimum atomic E-state index is -3.73. The normalized spacial score (nSPS) is 19.3. The quantitative estimate of drug-likeness (QED) is 0.532. The molecule has 5 rings (SSSR count). The van der Waals surface area contributed by atoms with E-state index in [1.807, 2.05) is 12.1 Å². The zero-order valence-electron chi connectivity index (χ0n) is 15.0. The van der Waals surface area contributed by atoms with Gasteiger partial charge in [0.1, 0.15) is 5.82 Å². The first-order valence-electron chi connectivity index (χ1n) is 9.04. The number of likely N-dealkylation sites (N-methyl/N-ethyl adjacent to an activating group) is 1. The molecule has 2 aliphatic rings. The molecule has 2 aromatic carbocycles. The van der Waals surface area contributed by atoms with Crippen LogP contribution in [0.4, 0.5) is 4.39 Å². The first-order chi connectivity index (χ1) is 12.9. The molecular formula is C20H20FN3O2S. The Labute approximate surface area is 157 Å². The van der Waals surface area contributed by atoms with E-state index in [-0.39, 0.29) is 0 Å². The van der Waals surface area contributed by atoms with Gasteiger partial charge in [-0.1, -0.05) is 12.1 Å². The largest absolute Gasteiger partial charge is 0.304 e. The smallest absolute Gasteiger partial charge is 0.268 e. The van der Waals surface area contributed by atoms with E-state index in [1.165, 1.54) is 16.1 Å². The standard InChI is InChI=1S/C20H20FN3O2S/c1-22-6-8-23(9-7-22)12-14-2-4-17-18-13-24(27(25,26)20(17)10-14)19-11-15(21)3-5-16(18)19/h2-5,10-11,13H,6-9,12H2,1H3. The van der Waals surface area contributed by atoms with Crippen LogP contribution in [0.1, 0.15) is 5.56 Å². The van der Waals surface area contributed by atoms with E-state index in [0.29, 0.717) is 16.0 Å². The van der Waals surface area contributed by atoms with Gasteiger partial charge in [-0.05, 0) is 36.9 Å². The highest BCUT2D eigenvalue weighted by molar-refractivity contribution is 7.90. The van der Waals surface area contributed by atoms with E-state index in [1.54, 1.807) is 18.3 Å². The van der Waals surface area contributed by atoms with Crippen molar-refractivity contribution in [3.05, 3.63) is 54.0 Å². The molecule has 0 radical (unpaired) electrons. The van der Waals surface area contributed by atoms with E-state index >= 15 is 0 Å². The lowest BCUT2D eigenvalue weighted by atomic mass is 10.0. The average molecular weight is 385 g/mol. The summed E-state index contributed by atoms with van der Waals surface area (Å²) < 4.78 is 41.2. The molecule has 1 fully saturated rings. The lowest BCUT2D eigenvalue weighted by Gasteiger charge is -2.32. The van der Waals surface area contributed by atoms with Gasteiger partial charge in [0, 0.05) is 55.4 Å². The fourth-order valence-electron chi connectivity index (χ4n) is 4.06. The highest BCUT2D eigenvalue weighted by Crippen LogP contribution is 2.42. The number of hydrogen-bond acceptors (Lipinski definition) is 4. The number of hydrogen-bond donors (Lipinski definition) is 0. The first-order valence-corrected chi connectivity index (χ1v) is 10.5. The predicted molar refractivity (Wildman–Crippen MR) is 103 cm³/mol. The van der Waals surface area contributed by atoms with Crippen LogP contribution in [-0.4, -0.2) is 55.4 Å². The molecule has 2 aliphatic heterocycles.